The van der Waals surface area contributed by atoms with Gasteiger partial charge in [-0.25, -0.2) is 4.39 Å². The molecule has 0 saturated heterocycles. The van der Waals surface area contributed by atoms with Gasteiger partial charge in [-0.2, -0.15) is 0 Å². The number of benzene rings is 1. The predicted octanol–water partition coefficient (Wildman–Crippen LogP) is 2.78. The number of rotatable bonds is 4. The van der Waals surface area contributed by atoms with Crippen molar-refractivity contribution >= 4 is 15.9 Å². The largest absolute Gasteiger partial charge is 0.491 e. The number of halogens is 2. The highest BCUT2D eigenvalue weighted by Gasteiger charge is 2.06. The normalized spacial score (nSPS) is 12.6. The molecule has 0 aliphatic heterocycles. The molecule has 84 valence electrons. The van der Waals surface area contributed by atoms with E-state index in [1.165, 1.54) is 0 Å². The van der Waals surface area contributed by atoms with Gasteiger partial charge in [-0.15, -0.1) is 0 Å². The first-order valence-corrected chi connectivity index (χ1v) is 5.47. The minimum Gasteiger partial charge on any atom is -0.491 e. The fourth-order valence-corrected chi connectivity index (χ4v) is 1.46. The van der Waals surface area contributed by atoms with Gasteiger partial charge in [0.15, 0.2) is 0 Å². The Bertz CT molecular complexity index is 318. The van der Waals surface area contributed by atoms with Gasteiger partial charge in [0, 0.05) is 4.47 Å². The highest BCUT2D eigenvalue weighted by atomic mass is 79.9. The Morgan fingerprint density at radius 2 is 1.93 bits per heavy atom. The summed E-state index contributed by atoms with van der Waals surface area (Å²) < 4.78 is 18.3. The number of ether oxygens (including phenoxy) is 1. The lowest BCUT2D eigenvalue weighted by atomic mass is 10.1. The smallest absolute Gasteiger partial charge is 0.120 e. The van der Waals surface area contributed by atoms with Gasteiger partial charge in [-0.3, -0.25) is 0 Å². The number of hydrogen-bond acceptors (Lipinski definition) is 2. The van der Waals surface area contributed by atoms with E-state index in [0.29, 0.717) is 5.75 Å². The third-order valence-corrected chi connectivity index (χ3v) is 3.28. The second-order valence-electron chi connectivity index (χ2n) is 3.49. The molecule has 1 N–H and O–H groups in total. The lowest BCUT2D eigenvalue weighted by Crippen LogP contribution is -2.19. The molecule has 0 amide bonds. The maximum atomic E-state index is 12.0. The monoisotopic (exact) mass is 276 g/mol. The first kappa shape index (κ1) is 12.5. The summed E-state index contributed by atoms with van der Waals surface area (Å²) in [5.41, 5.74) is 2.11. The summed E-state index contributed by atoms with van der Waals surface area (Å²) in [7, 11) is 0. The molecule has 2 nitrogen and oxygen atoms in total. The number of aliphatic hydroxyl groups is 1. The first-order chi connectivity index (χ1) is 7.04. The van der Waals surface area contributed by atoms with Gasteiger partial charge in [-0.1, -0.05) is 15.9 Å². The molecule has 1 atom stereocenters. The van der Waals surface area contributed by atoms with E-state index >= 15 is 0 Å². The fraction of sp³-hybridized carbons (Fsp3) is 0.455. The molecule has 1 rings (SSSR count). The molecule has 4 heteroatoms. The Kier molecular flexibility index (Phi) is 4.54. The van der Waals surface area contributed by atoms with E-state index in [1.54, 1.807) is 0 Å². The SMILES string of the molecule is Cc1cc(OC[C@@H](O)CF)cc(C)c1Br. The highest BCUT2D eigenvalue weighted by molar-refractivity contribution is 9.10. The van der Waals surface area contributed by atoms with Gasteiger partial charge >= 0.3 is 0 Å². The quantitative estimate of drug-likeness (QED) is 0.917. The molecule has 0 spiro atoms. The van der Waals surface area contributed by atoms with E-state index in [4.69, 9.17) is 9.84 Å². The summed E-state index contributed by atoms with van der Waals surface area (Å²) in [6.07, 6.45) is -1.05. The molecule has 1 aromatic rings. The highest BCUT2D eigenvalue weighted by Crippen LogP contribution is 2.26. The lowest BCUT2D eigenvalue weighted by Gasteiger charge is -2.11. The molecule has 0 aliphatic carbocycles. The van der Waals surface area contributed by atoms with Crippen LogP contribution in [-0.4, -0.2) is 24.5 Å². The van der Waals surface area contributed by atoms with E-state index in [0.717, 1.165) is 15.6 Å². The molecule has 0 radical (unpaired) electrons. The summed E-state index contributed by atoms with van der Waals surface area (Å²) in [5, 5.41) is 9.00. The van der Waals surface area contributed by atoms with Crippen molar-refractivity contribution < 1.29 is 14.2 Å². The van der Waals surface area contributed by atoms with Crippen LogP contribution in [0.4, 0.5) is 4.39 Å². The third-order valence-electron chi connectivity index (χ3n) is 2.03. The zero-order chi connectivity index (χ0) is 11.4. The Hall–Kier alpha value is -0.610. The molecular weight excluding hydrogens is 263 g/mol. The molecule has 15 heavy (non-hydrogen) atoms. The first-order valence-electron chi connectivity index (χ1n) is 4.68. The standard InChI is InChI=1S/C11H14BrFO2/c1-7-3-10(4-8(2)11(7)12)15-6-9(14)5-13/h3-4,9,14H,5-6H2,1-2H3/t9-/m0/s1. The number of hydrogen-bond donors (Lipinski definition) is 1. The van der Waals surface area contributed by atoms with Crippen molar-refractivity contribution in [1.29, 1.82) is 0 Å². The molecule has 0 aliphatic rings. The second kappa shape index (κ2) is 5.47. The zero-order valence-electron chi connectivity index (χ0n) is 8.76. The third kappa shape index (κ3) is 3.47. The maximum Gasteiger partial charge on any atom is 0.120 e. The lowest BCUT2D eigenvalue weighted by molar-refractivity contribution is 0.0841. The van der Waals surface area contributed by atoms with Crippen LogP contribution >= 0.6 is 15.9 Å². The van der Waals surface area contributed by atoms with Crippen molar-refractivity contribution in [2.45, 2.75) is 20.0 Å². The Balaban J connectivity index is 2.70. The Morgan fingerprint density at radius 1 is 1.40 bits per heavy atom. The summed E-state index contributed by atoms with van der Waals surface area (Å²) in [4.78, 5) is 0. The van der Waals surface area contributed by atoms with Gasteiger partial charge < -0.3 is 9.84 Å². The van der Waals surface area contributed by atoms with E-state index in [-0.39, 0.29) is 6.61 Å². The van der Waals surface area contributed by atoms with Crippen molar-refractivity contribution in [3.05, 3.63) is 27.7 Å². The molecule has 0 saturated carbocycles. The number of aliphatic hydroxyl groups excluding tert-OH is 1. The van der Waals surface area contributed by atoms with Crippen LogP contribution in [0.25, 0.3) is 0 Å². The zero-order valence-corrected chi connectivity index (χ0v) is 10.3. The van der Waals surface area contributed by atoms with Gasteiger partial charge in [0.1, 0.15) is 25.1 Å². The minimum atomic E-state index is -1.05. The fourth-order valence-electron chi connectivity index (χ4n) is 1.23. The van der Waals surface area contributed by atoms with Crippen LogP contribution in [0.15, 0.2) is 16.6 Å². The van der Waals surface area contributed by atoms with E-state index in [2.05, 4.69) is 15.9 Å². The summed E-state index contributed by atoms with van der Waals surface area (Å²) in [6.45, 7) is 3.11. The molecule has 1 aromatic carbocycles. The molecular formula is C11H14BrFO2. The average molecular weight is 277 g/mol. The predicted molar refractivity (Wildman–Crippen MR) is 61.1 cm³/mol. The van der Waals surface area contributed by atoms with Crippen molar-refractivity contribution in [1.82, 2.24) is 0 Å². The van der Waals surface area contributed by atoms with Crippen LogP contribution in [0, 0.1) is 13.8 Å². The van der Waals surface area contributed by atoms with E-state index in [1.807, 2.05) is 26.0 Å². The summed E-state index contributed by atoms with van der Waals surface area (Å²) >= 11 is 3.44. The Labute approximate surface area is 97.2 Å². The Morgan fingerprint density at radius 3 is 2.40 bits per heavy atom. The van der Waals surface area contributed by atoms with Crippen LogP contribution in [-0.2, 0) is 0 Å². The van der Waals surface area contributed by atoms with Crippen molar-refractivity contribution in [3.63, 3.8) is 0 Å². The van der Waals surface area contributed by atoms with Gasteiger partial charge in [0.25, 0.3) is 0 Å². The van der Waals surface area contributed by atoms with Gasteiger partial charge in [0.2, 0.25) is 0 Å². The van der Waals surface area contributed by atoms with Crippen molar-refractivity contribution in [2.75, 3.05) is 13.3 Å². The molecule has 0 bridgehead atoms. The van der Waals surface area contributed by atoms with Gasteiger partial charge in [0.05, 0.1) is 0 Å². The average Bonchev–Trinajstić information content (AvgIpc) is 2.22. The number of alkyl halides is 1. The van der Waals surface area contributed by atoms with Crippen LogP contribution < -0.4 is 4.74 Å². The van der Waals surface area contributed by atoms with Crippen molar-refractivity contribution in [3.8, 4) is 5.75 Å². The van der Waals surface area contributed by atoms with Crippen LogP contribution in [0.1, 0.15) is 11.1 Å². The second-order valence-corrected chi connectivity index (χ2v) is 4.28. The summed E-state index contributed by atoms with van der Waals surface area (Å²) in [5.74, 6) is 0.653. The molecule has 0 fully saturated rings. The van der Waals surface area contributed by atoms with Crippen LogP contribution in [0.3, 0.4) is 0 Å². The summed E-state index contributed by atoms with van der Waals surface area (Å²) in [6, 6.07) is 3.70. The molecule has 0 aromatic heterocycles. The minimum absolute atomic E-state index is 0.0169. The maximum absolute atomic E-state index is 12.0. The molecule has 0 heterocycles. The number of aryl methyl sites for hydroxylation is 2. The van der Waals surface area contributed by atoms with Crippen LogP contribution in [0.2, 0.25) is 0 Å². The van der Waals surface area contributed by atoms with E-state index < -0.39 is 12.8 Å². The van der Waals surface area contributed by atoms with E-state index in [9.17, 15) is 4.39 Å². The van der Waals surface area contributed by atoms with Crippen molar-refractivity contribution in [2.24, 2.45) is 0 Å². The molecule has 0 unspecified atom stereocenters. The topological polar surface area (TPSA) is 29.5 Å². The van der Waals surface area contributed by atoms with Gasteiger partial charge in [-0.05, 0) is 37.1 Å². The van der Waals surface area contributed by atoms with Crippen LogP contribution in [0.5, 0.6) is 5.75 Å².